The maximum atomic E-state index is 12.9. The number of carboxylic acids is 2. The summed E-state index contributed by atoms with van der Waals surface area (Å²) in [6, 6.07) is -6.46. The Labute approximate surface area is 229 Å². The lowest BCUT2D eigenvalue weighted by molar-refractivity contribution is -0.147. The Morgan fingerprint density at radius 1 is 0.950 bits per heavy atom. The van der Waals surface area contributed by atoms with Crippen molar-refractivity contribution < 1.29 is 43.8 Å². The lowest BCUT2D eigenvalue weighted by Crippen LogP contribution is -2.57. The molecule has 0 bridgehead atoms. The van der Waals surface area contributed by atoms with E-state index in [1.54, 1.807) is 0 Å². The fourth-order valence-electron chi connectivity index (χ4n) is 3.91. The SMILES string of the molecule is C[C@H](NC(=O)[C@@H]1CCCN1C(=O)[C@@H](N)CC(N)=O)C(=O)N[C@@H](CCCN=C(N)N)C(=O)N[C@@H](CC(=O)O)C(=O)O. The second-order valence-corrected chi connectivity index (χ2v) is 9.20. The Hall–Kier alpha value is -4.48. The molecule has 5 atom stereocenters. The van der Waals surface area contributed by atoms with Gasteiger partial charge >= 0.3 is 11.9 Å². The van der Waals surface area contributed by atoms with Crippen LogP contribution in [0.5, 0.6) is 0 Å². The first-order valence-electron chi connectivity index (χ1n) is 12.4. The van der Waals surface area contributed by atoms with Gasteiger partial charge in [0.15, 0.2) is 5.96 Å². The van der Waals surface area contributed by atoms with Gasteiger partial charge in [0, 0.05) is 13.1 Å². The van der Waals surface area contributed by atoms with Gasteiger partial charge in [-0.25, -0.2) is 4.79 Å². The van der Waals surface area contributed by atoms with Crippen LogP contribution in [0.25, 0.3) is 0 Å². The zero-order chi connectivity index (χ0) is 30.6. The molecule has 40 heavy (non-hydrogen) atoms. The quantitative estimate of drug-likeness (QED) is 0.0479. The number of carbonyl (C=O) groups is 7. The summed E-state index contributed by atoms with van der Waals surface area (Å²) in [6.07, 6.45) is -0.417. The lowest BCUT2D eigenvalue weighted by Gasteiger charge is -2.28. The molecule has 0 radical (unpaired) electrons. The van der Waals surface area contributed by atoms with Crippen LogP contribution in [0.3, 0.4) is 0 Å². The van der Waals surface area contributed by atoms with E-state index in [0.717, 1.165) is 0 Å². The molecule has 18 heteroatoms. The Morgan fingerprint density at radius 2 is 1.57 bits per heavy atom. The highest BCUT2D eigenvalue weighted by Crippen LogP contribution is 2.19. The number of nitrogens with one attached hydrogen (secondary N) is 3. The maximum Gasteiger partial charge on any atom is 0.326 e. The fourth-order valence-corrected chi connectivity index (χ4v) is 3.91. The second kappa shape index (κ2) is 15.8. The van der Waals surface area contributed by atoms with Crippen molar-refractivity contribution >= 4 is 47.4 Å². The van der Waals surface area contributed by atoms with Gasteiger partial charge in [-0.3, -0.25) is 33.8 Å². The van der Waals surface area contributed by atoms with Crippen LogP contribution < -0.4 is 38.9 Å². The van der Waals surface area contributed by atoms with Crippen molar-refractivity contribution in [3.63, 3.8) is 0 Å². The highest BCUT2D eigenvalue weighted by molar-refractivity contribution is 5.96. The van der Waals surface area contributed by atoms with Gasteiger partial charge in [-0.2, -0.15) is 0 Å². The van der Waals surface area contributed by atoms with Gasteiger partial charge in [0.25, 0.3) is 0 Å². The number of nitrogens with two attached hydrogens (primary N) is 4. The number of amides is 5. The Morgan fingerprint density at radius 3 is 2.12 bits per heavy atom. The number of aliphatic imine (C=N–C) groups is 1. The molecular weight excluding hydrogens is 534 g/mol. The first-order valence-corrected chi connectivity index (χ1v) is 12.4. The number of carboxylic acid groups (broad SMARTS) is 2. The molecule has 1 saturated heterocycles. The molecule has 5 amide bonds. The minimum atomic E-state index is -1.76. The number of aliphatic carboxylic acids is 2. The van der Waals surface area contributed by atoms with Gasteiger partial charge in [0.2, 0.25) is 29.5 Å². The predicted molar refractivity (Wildman–Crippen MR) is 138 cm³/mol. The van der Waals surface area contributed by atoms with Crippen LogP contribution in [0.2, 0.25) is 0 Å². The summed E-state index contributed by atoms with van der Waals surface area (Å²) >= 11 is 0. The molecule has 0 saturated carbocycles. The van der Waals surface area contributed by atoms with Gasteiger partial charge in [0.05, 0.1) is 18.9 Å². The molecule has 18 nitrogen and oxygen atoms in total. The number of primary amides is 1. The number of hydrogen-bond acceptors (Lipinski definition) is 9. The van der Waals surface area contributed by atoms with Crippen molar-refractivity contribution in [2.24, 2.45) is 27.9 Å². The van der Waals surface area contributed by atoms with Gasteiger partial charge in [-0.15, -0.1) is 0 Å². The number of rotatable bonds is 16. The van der Waals surface area contributed by atoms with Gasteiger partial charge < -0.3 is 54.0 Å². The highest BCUT2D eigenvalue weighted by atomic mass is 16.4. The van der Waals surface area contributed by atoms with E-state index in [0.29, 0.717) is 6.42 Å². The zero-order valence-electron chi connectivity index (χ0n) is 22.0. The summed E-state index contributed by atoms with van der Waals surface area (Å²) in [5.41, 5.74) is 21.3. The lowest BCUT2D eigenvalue weighted by atomic mass is 10.1. The van der Waals surface area contributed by atoms with Crippen LogP contribution in [-0.4, -0.2) is 106 Å². The van der Waals surface area contributed by atoms with Crippen molar-refractivity contribution in [2.45, 2.75) is 75.7 Å². The summed E-state index contributed by atoms with van der Waals surface area (Å²) in [6.45, 7) is 1.62. The molecule has 1 heterocycles. The van der Waals surface area contributed by atoms with Crippen LogP contribution in [0.1, 0.15) is 45.4 Å². The van der Waals surface area contributed by atoms with Crippen LogP contribution in [0, 0.1) is 0 Å². The third-order valence-corrected chi connectivity index (χ3v) is 5.90. The Kier molecular flexibility index (Phi) is 13.3. The summed E-state index contributed by atoms with van der Waals surface area (Å²) < 4.78 is 0. The number of carbonyl (C=O) groups excluding carboxylic acids is 5. The third kappa shape index (κ3) is 11.1. The standard InChI is InChI=1S/C22H37N9O9/c1-10(28-19(37)14-5-3-7-31(14)20(38)11(23)8-15(24)32)17(35)29-12(4-2-6-27-22(25)26)18(36)30-13(21(39)40)9-16(33)34/h10-14H,2-9,23H2,1H3,(H2,24,32)(H,28,37)(H,29,35)(H,30,36)(H,33,34)(H,39,40)(H4,25,26,27)/t10-,11-,12-,13-,14-/m0/s1. The highest BCUT2D eigenvalue weighted by Gasteiger charge is 2.37. The minimum Gasteiger partial charge on any atom is -0.481 e. The molecule has 0 unspecified atom stereocenters. The zero-order valence-corrected chi connectivity index (χ0v) is 22.0. The first-order chi connectivity index (χ1) is 18.6. The minimum absolute atomic E-state index is 0.0584. The molecule has 0 spiro atoms. The van der Waals surface area contributed by atoms with Gasteiger partial charge in [-0.1, -0.05) is 0 Å². The average molecular weight is 572 g/mol. The van der Waals surface area contributed by atoms with Crippen molar-refractivity contribution in [2.75, 3.05) is 13.1 Å². The molecule has 0 aromatic heterocycles. The van der Waals surface area contributed by atoms with Crippen molar-refractivity contribution in [3.8, 4) is 0 Å². The van der Waals surface area contributed by atoms with Crippen molar-refractivity contribution in [1.29, 1.82) is 0 Å². The summed E-state index contributed by atoms with van der Waals surface area (Å²) in [4.78, 5) is 89.5. The molecule has 13 N–H and O–H groups in total. The number of guanidine groups is 1. The molecule has 1 rings (SSSR count). The van der Waals surface area contributed by atoms with Crippen LogP contribution in [-0.2, 0) is 33.6 Å². The number of nitrogens with zero attached hydrogens (tertiary/aromatic N) is 2. The second-order valence-electron chi connectivity index (χ2n) is 9.20. The maximum absolute atomic E-state index is 12.9. The van der Waals surface area contributed by atoms with E-state index >= 15 is 0 Å². The molecule has 1 aliphatic heterocycles. The summed E-state index contributed by atoms with van der Waals surface area (Å²) in [7, 11) is 0. The van der Waals surface area contributed by atoms with E-state index in [4.69, 9.17) is 28.0 Å². The van der Waals surface area contributed by atoms with E-state index in [9.17, 15) is 38.7 Å². The third-order valence-electron chi connectivity index (χ3n) is 5.90. The Bertz CT molecular complexity index is 1020. The molecule has 0 aromatic carbocycles. The van der Waals surface area contributed by atoms with E-state index in [1.807, 2.05) is 0 Å². The fraction of sp³-hybridized carbons (Fsp3) is 0.636. The molecule has 0 aliphatic carbocycles. The van der Waals surface area contributed by atoms with Crippen LogP contribution in [0.15, 0.2) is 4.99 Å². The van der Waals surface area contributed by atoms with Crippen LogP contribution in [0.4, 0.5) is 0 Å². The smallest absolute Gasteiger partial charge is 0.326 e. The monoisotopic (exact) mass is 571 g/mol. The molecule has 1 fully saturated rings. The molecular formula is C22H37N9O9. The topological polar surface area (TPSA) is 316 Å². The molecule has 224 valence electrons. The predicted octanol–water partition coefficient (Wildman–Crippen LogP) is -4.73. The van der Waals surface area contributed by atoms with Crippen molar-refractivity contribution in [1.82, 2.24) is 20.9 Å². The number of likely N-dealkylation sites (tertiary alicyclic amines) is 1. The van der Waals surface area contributed by atoms with Gasteiger partial charge in [0.1, 0.15) is 24.2 Å². The van der Waals surface area contributed by atoms with Crippen LogP contribution >= 0.6 is 0 Å². The first kappa shape index (κ1) is 33.5. The molecule has 0 aromatic rings. The Balaban J connectivity index is 2.91. The van der Waals surface area contributed by atoms with E-state index in [1.165, 1.54) is 11.8 Å². The van der Waals surface area contributed by atoms with Crippen molar-refractivity contribution in [3.05, 3.63) is 0 Å². The van der Waals surface area contributed by atoms with Gasteiger partial charge in [-0.05, 0) is 32.6 Å². The normalized spacial score (nSPS) is 17.4. The summed E-state index contributed by atoms with van der Waals surface area (Å²) in [5, 5.41) is 25.1. The average Bonchev–Trinajstić information content (AvgIpc) is 3.33. The van der Waals surface area contributed by atoms with E-state index < -0.39 is 84.5 Å². The number of hydrogen-bond donors (Lipinski definition) is 9. The van der Waals surface area contributed by atoms with E-state index in [-0.39, 0.29) is 38.3 Å². The largest absolute Gasteiger partial charge is 0.481 e. The van der Waals surface area contributed by atoms with E-state index in [2.05, 4.69) is 20.9 Å². The molecule has 1 aliphatic rings. The summed E-state index contributed by atoms with van der Waals surface area (Å²) in [5.74, 6) is -7.13.